The van der Waals surface area contributed by atoms with Crippen molar-refractivity contribution < 1.29 is 19.4 Å². The summed E-state index contributed by atoms with van der Waals surface area (Å²) >= 11 is 0. The summed E-state index contributed by atoms with van der Waals surface area (Å²) in [4.78, 5) is 23.7. The highest BCUT2D eigenvalue weighted by Gasteiger charge is 2.33. The van der Waals surface area contributed by atoms with Crippen molar-refractivity contribution in [3.05, 3.63) is 65.2 Å². The van der Waals surface area contributed by atoms with Crippen LogP contribution in [0.3, 0.4) is 0 Å². The maximum Gasteiger partial charge on any atom is 0.303 e. The Morgan fingerprint density at radius 3 is 2.70 bits per heavy atom. The summed E-state index contributed by atoms with van der Waals surface area (Å²) in [6.45, 7) is 2.69. The molecule has 1 amide bonds. The lowest BCUT2D eigenvalue weighted by atomic mass is 9.88. The first-order valence-electron chi connectivity index (χ1n) is 9.33. The predicted octanol–water partition coefficient (Wildman–Crippen LogP) is 4.12. The number of carboxylic acids is 1. The van der Waals surface area contributed by atoms with Crippen molar-refractivity contribution >= 4 is 17.6 Å². The van der Waals surface area contributed by atoms with E-state index in [0.717, 1.165) is 24.0 Å². The molecular formula is C22H25NO4. The molecule has 0 aromatic heterocycles. The van der Waals surface area contributed by atoms with Crippen molar-refractivity contribution in [2.45, 2.75) is 38.7 Å². The topological polar surface area (TPSA) is 75.6 Å². The fraction of sp³-hybridized carbons (Fsp3) is 0.364. The molecule has 0 bridgehead atoms. The first kappa shape index (κ1) is 19.1. The van der Waals surface area contributed by atoms with Crippen LogP contribution in [0.5, 0.6) is 0 Å². The molecule has 0 saturated carbocycles. The number of hydrogen-bond donors (Lipinski definition) is 2. The van der Waals surface area contributed by atoms with Crippen LogP contribution in [0.4, 0.5) is 5.69 Å². The molecule has 1 fully saturated rings. The van der Waals surface area contributed by atoms with E-state index in [1.165, 1.54) is 5.56 Å². The maximum atomic E-state index is 12.9. The first-order valence-corrected chi connectivity index (χ1v) is 9.33. The molecule has 0 radical (unpaired) electrons. The molecule has 0 spiro atoms. The number of carboxylic acid groups (broad SMARTS) is 1. The standard InChI is InChI=1S/C22H25NO4/c1-15-7-10-17(11-8-15)21-19(6-3-13-27-21)22(26)23-18-5-2-4-16(14-18)9-12-20(24)25/h2,4-5,7-8,10-11,14,19,21H,3,6,9,12-13H2,1H3,(H,23,26)(H,24,25). The highest BCUT2D eigenvalue weighted by Crippen LogP contribution is 2.34. The Labute approximate surface area is 159 Å². The van der Waals surface area contributed by atoms with Crippen molar-refractivity contribution in [1.29, 1.82) is 0 Å². The highest BCUT2D eigenvalue weighted by molar-refractivity contribution is 5.93. The fourth-order valence-corrected chi connectivity index (χ4v) is 3.43. The smallest absolute Gasteiger partial charge is 0.303 e. The Bertz CT molecular complexity index is 800. The van der Waals surface area contributed by atoms with Crippen LogP contribution in [0, 0.1) is 12.8 Å². The predicted molar refractivity (Wildman–Crippen MR) is 104 cm³/mol. The van der Waals surface area contributed by atoms with Gasteiger partial charge in [-0.1, -0.05) is 42.0 Å². The third-order valence-electron chi connectivity index (χ3n) is 4.89. The van der Waals surface area contributed by atoms with Gasteiger partial charge in [0.05, 0.1) is 12.0 Å². The van der Waals surface area contributed by atoms with Gasteiger partial charge in [0.2, 0.25) is 5.91 Å². The molecule has 1 heterocycles. The van der Waals surface area contributed by atoms with E-state index >= 15 is 0 Å². The largest absolute Gasteiger partial charge is 0.481 e. The minimum atomic E-state index is -0.829. The number of aryl methyl sites for hydroxylation is 2. The number of benzene rings is 2. The van der Waals surface area contributed by atoms with Gasteiger partial charge < -0.3 is 15.2 Å². The van der Waals surface area contributed by atoms with Crippen LogP contribution < -0.4 is 5.32 Å². The molecule has 1 saturated heterocycles. The van der Waals surface area contributed by atoms with Crippen molar-refractivity contribution in [1.82, 2.24) is 0 Å². The van der Waals surface area contributed by atoms with Crippen LogP contribution in [0.25, 0.3) is 0 Å². The summed E-state index contributed by atoms with van der Waals surface area (Å²) in [6.07, 6.45) is 1.91. The number of ether oxygens (including phenoxy) is 1. The Morgan fingerprint density at radius 2 is 1.96 bits per heavy atom. The molecule has 1 aliphatic rings. The zero-order valence-corrected chi connectivity index (χ0v) is 15.5. The molecule has 5 heteroatoms. The second-order valence-electron chi connectivity index (χ2n) is 7.03. The normalized spacial score (nSPS) is 19.4. The fourth-order valence-electron chi connectivity index (χ4n) is 3.43. The molecular weight excluding hydrogens is 342 g/mol. The highest BCUT2D eigenvalue weighted by atomic mass is 16.5. The van der Waals surface area contributed by atoms with Gasteiger partial charge in [-0.15, -0.1) is 0 Å². The molecule has 0 aliphatic carbocycles. The van der Waals surface area contributed by atoms with E-state index in [9.17, 15) is 9.59 Å². The first-order chi connectivity index (χ1) is 13.0. The summed E-state index contributed by atoms with van der Waals surface area (Å²) in [7, 11) is 0. The van der Waals surface area contributed by atoms with E-state index in [4.69, 9.17) is 9.84 Å². The van der Waals surface area contributed by atoms with Gasteiger partial charge in [-0.25, -0.2) is 0 Å². The van der Waals surface area contributed by atoms with Crippen LogP contribution >= 0.6 is 0 Å². The molecule has 2 N–H and O–H groups in total. The zero-order chi connectivity index (χ0) is 19.2. The van der Waals surface area contributed by atoms with Gasteiger partial charge in [0.1, 0.15) is 0 Å². The van der Waals surface area contributed by atoms with Gasteiger partial charge in [0.15, 0.2) is 0 Å². The summed E-state index contributed by atoms with van der Waals surface area (Å²) in [5.74, 6) is -1.13. The number of aliphatic carboxylic acids is 1. The van der Waals surface area contributed by atoms with E-state index in [-0.39, 0.29) is 24.3 Å². The molecule has 3 rings (SSSR count). The lowest BCUT2D eigenvalue weighted by Crippen LogP contribution is -2.33. The summed E-state index contributed by atoms with van der Waals surface area (Å²) in [5, 5.41) is 11.8. The molecule has 27 heavy (non-hydrogen) atoms. The maximum absolute atomic E-state index is 12.9. The second-order valence-corrected chi connectivity index (χ2v) is 7.03. The molecule has 2 aromatic rings. The van der Waals surface area contributed by atoms with Gasteiger partial charge in [0.25, 0.3) is 0 Å². The number of rotatable bonds is 6. The summed E-state index contributed by atoms with van der Waals surface area (Å²) in [6, 6.07) is 15.5. The van der Waals surface area contributed by atoms with E-state index in [2.05, 4.69) is 5.32 Å². The molecule has 2 aromatic carbocycles. The van der Waals surface area contributed by atoms with E-state index in [0.29, 0.717) is 18.7 Å². The van der Waals surface area contributed by atoms with Gasteiger partial charge in [-0.2, -0.15) is 0 Å². The summed E-state index contributed by atoms with van der Waals surface area (Å²) in [5.41, 5.74) is 3.78. The van der Waals surface area contributed by atoms with Crippen molar-refractivity contribution in [2.24, 2.45) is 5.92 Å². The average molecular weight is 367 g/mol. The molecule has 2 unspecified atom stereocenters. The molecule has 142 valence electrons. The van der Waals surface area contributed by atoms with Crippen LogP contribution in [0.15, 0.2) is 48.5 Å². The Hall–Kier alpha value is -2.66. The Kier molecular flexibility index (Phi) is 6.24. The van der Waals surface area contributed by atoms with Gasteiger partial charge in [-0.3, -0.25) is 9.59 Å². The number of amides is 1. The monoisotopic (exact) mass is 367 g/mol. The quantitative estimate of drug-likeness (QED) is 0.805. The molecule has 5 nitrogen and oxygen atoms in total. The van der Waals surface area contributed by atoms with E-state index in [1.807, 2.05) is 55.5 Å². The number of carbonyl (C=O) groups is 2. The lowest BCUT2D eigenvalue weighted by Gasteiger charge is -2.31. The third-order valence-corrected chi connectivity index (χ3v) is 4.89. The second kappa shape index (κ2) is 8.82. The molecule has 1 aliphatic heterocycles. The summed E-state index contributed by atoms with van der Waals surface area (Å²) < 4.78 is 5.94. The van der Waals surface area contributed by atoms with Crippen LogP contribution in [-0.4, -0.2) is 23.6 Å². The Balaban J connectivity index is 1.71. The van der Waals surface area contributed by atoms with Crippen molar-refractivity contribution in [3.8, 4) is 0 Å². The molecule has 2 atom stereocenters. The zero-order valence-electron chi connectivity index (χ0n) is 15.5. The van der Waals surface area contributed by atoms with Crippen LogP contribution in [-0.2, 0) is 20.7 Å². The third kappa shape index (κ3) is 5.17. The minimum absolute atomic E-state index is 0.0596. The van der Waals surface area contributed by atoms with Gasteiger partial charge in [-0.05, 0) is 49.4 Å². The van der Waals surface area contributed by atoms with Crippen LogP contribution in [0.1, 0.15) is 42.1 Å². The number of anilines is 1. The van der Waals surface area contributed by atoms with Crippen LogP contribution in [0.2, 0.25) is 0 Å². The number of hydrogen-bond acceptors (Lipinski definition) is 3. The SMILES string of the molecule is Cc1ccc(C2OCCCC2C(=O)Nc2cccc(CCC(=O)O)c2)cc1. The van der Waals surface area contributed by atoms with Crippen molar-refractivity contribution in [3.63, 3.8) is 0 Å². The van der Waals surface area contributed by atoms with Gasteiger partial charge in [0, 0.05) is 18.7 Å². The van der Waals surface area contributed by atoms with Crippen molar-refractivity contribution in [2.75, 3.05) is 11.9 Å². The lowest BCUT2D eigenvalue weighted by molar-refractivity contribution is -0.137. The number of carbonyl (C=O) groups excluding carboxylic acids is 1. The average Bonchev–Trinajstić information content (AvgIpc) is 2.67. The van der Waals surface area contributed by atoms with E-state index in [1.54, 1.807) is 0 Å². The van der Waals surface area contributed by atoms with Gasteiger partial charge >= 0.3 is 5.97 Å². The van der Waals surface area contributed by atoms with E-state index < -0.39 is 5.97 Å². The Morgan fingerprint density at radius 1 is 1.19 bits per heavy atom. The minimum Gasteiger partial charge on any atom is -0.481 e. The number of nitrogens with one attached hydrogen (secondary N) is 1.